The molecule has 0 bridgehead atoms. The highest BCUT2D eigenvalue weighted by molar-refractivity contribution is 7.00. The van der Waals surface area contributed by atoms with Crippen LogP contribution in [0.5, 0.6) is 0 Å². The number of aliphatic imine (C=N–C) groups is 1. The molecule has 3 N–H and O–H groups in total. The van der Waals surface area contributed by atoms with Crippen LogP contribution in [0.3, 0.4) is 0 Å². The zero-order valence-corrected chi connectivity index (χ0v) is 10.4. The summed E-state index contributed by atoms with van der Waals surface area (Å²) in [5, 5.41) is 3.58. The van der Waals surface area contributed by atoms with Crippen molar-refractivity contribution in [2.75, 3.05) is 5.32 Å². The highest BCUT2D eigenvalue weighted by Crippen LogP contribution is 2.30. The summed E-state index contributed by atoms with van der Waals surface area (Å²) >= 11 is 7.27. The summed E-state index contributed by atoms with van der Waals surface area (Å²) in [4.78, 5) is 4.30. The minimum Gasteiger partial charge on any atom is -0.370 e. The number of guanidine groups is 1. The van der Waals surface area contributed by atoms with Gasteiger partial charge in [-0.25, -0.2) is 4.99 Å². The number of anilines is 1. The first-order valence-corrected chi connectivity index (χ1v) is 6.36. The van der Waals surface area contributed by atoms with Gasteiger partial charge in [-0.2, -0.15) is 8.75 Å². The van der Waals surface area contributed by atoms with Crippen molar-refractivity contribution in [2.24, 2.45) is 10.7 Å². The van der Waals surface area contributed by atoms with Crippen LogP contribution in [0, 0.1) is 0 Å². The minimum absolute atomic E-state index is 0.369. The zero-order chi connectivity index (χ0) is 11.8. The first-order chi connectivity index (χ1) is 8.24. The van der Waals surface area contributed by atoms with Crippen molar-refractivity contribution in [3.8, 4) is 0 Å². The molecule has 1 fully saturated rings. The molecule has 7 heteroatoms. The van der Waals surface area contributed by atoms with Crippen molar-refractivity contribution in [1.82, 2.24) is 8.75 Å². The fourth-order valence-electron chi connectivity index (χ4n) is 1.51. The molecule has 1 aliphatic rings. The van der Waals surface area contributed by atoms with Crippen molar-refractivity contribution in [2.45, 2.75) is 18.9 Å². The monoisotopic (exact) mass is 267 g/mol. The van der Waals surface area contributed by atoms with Crippen LogP contribution < -0.4 is 11.1 Å². The molecule has 1 aliphatic carbocycles. The van der Waals surface area contributed by atoms with Gasteiger partial charge in [0, 0.05) is 0 Å². The van der Waals surface area contributed by atoms with Crippen LogP contribution in [0.2, 0.25) is 5.02 Å². The molecule has 0 radical (unpaired) electrons. The number of nitrogens with zero attached hydrogens (tertiary/aromatic N) is 3. The van der Waals surface area contributed by atoms with E-state index in [0.29, 0.717) is 22.7 Å². The zero-order valence-electron chi connectivity index (χ0n) is 8.85. The molecule has 5 nitrogen and oxygen atoms in total. The Morgan fingerprint density at radius 1 is 1.47 bits per heavy atom. The van der Waals surface area contributed by atoms with E-state index in [1.165, 1.54) is 0 Å². The van der Waals surface area contributed by atoms with E-state index in [9.17, 15) is 0 Å². The lowest BCUT2D eigenvalue weighted by Crippen LogP contribution is -2.23. The molecule has 1 aromatic carbocycles. The Hall–Kier alpha value is -1.40. The molecule has 0 atom stereocenters. The third-order valence-electron chi connectivity index (χ3n) is 2.50. The van der Waals surface area contributed by atoms with Gasteiger partial charge in [-0.1, -0.05) is 11.6 Å². The maximum Gasteiger partial charge on any atom is 0.193 e. The largest absolute Gasteiger partial charge is 0.370 e. The predicted molar refractivity (Wildman–Crippen MR) is 70.7 cm³/mol. The van der Waals surface area contributed by atoms with E-state index in [4.69, 9.17) is 17.3 Å². The Labute approximate surface area is 107 Å². The fourth-order valence-corrected chi connectivity index (χ4v) is 2.25. The van der Waals surface area contributed by atoms with Gasteiger partial charge in [0.25, 0.3) is 0 Å². The predicted octanol–water partition coefficient (Wildman–Crippen LogP) is 2.23. The number of fused-ring (bicyclic) bond motifs is 1. The van der Waals surface area contributed by atoms with Gasteiger partial charge in [0.2, 0.25) is 0 Å². The normalized spacial score (nSPS) is 16.4. The van der Waals surface area contributed by atoms with Crippen molar-refractivity contribution in [1.29, 1.82) is 0 Å². The number of benzene rings is 1. The maximum atomic E-state index is 6.12. The van der Waals surface area contributed by atoms with Gasteiger partial charge in [0.05, 0.1) is 28.5 Å². The Morgan fingerprint density at radius 2 is 2.29 bits per heavy atom. The van der Waals surface area contributed by atoms with Crippen LogP contribution in [0.1, 0.15) is 12.8 Å². The van der Waals surface area contributed by atoms with Crippen molar-refractivity contribution < 1.29 is 0 Å². The number of rotatable bonds is 2. The topological polar surface area (TPSA) is 76.2 Å². The number of nitrogens with one attached hydrogen (secondary N) is 1. The highest BCUT2D eigenvalue weighted by atomic mass is 35.5. The minimum atomic E-state index is 0.369. The Balaban J connectivity index is 1.97. The number of nitrogens with two attached hydrogens (primary N) is 1. The lowest BCUT2D eigenvalue weighted by Gasteiger charge is -2.07. The third kappa shape index (κ3) is 2.18. The average Bonchev–Trinajstić information content (AvgIpc) is 2.96. The van der Waals surface area contributed by atoms with E-state index in [1.807, 2.05) is 6.07 Å². The summed E-state index contributed by atoms with van der Waals surface area (Å²) in [6.45, 7) is 0. The third-order valence-corrected chi connectivity index (χ3v) is 3.36. The quantitative estimate of drug-likeness (QED) is 0.646. The van der Waals surface area contributed by atoms with Crippen molar-refractivity contribution >= 4 is 46.0 Å². The lowest BCUT2D eigenvalue weighted by molar-refractivity contribution is 1.06. The van der Waals surface area contributed by atoms with E-state index < -0.39 is 0 Å². The molecular formula is C10H10ClN5S. The molecule has 0 saturated heterocycles. The summed E-state index contributed by atoms with van der Waals surface area (Å²) in [6, 6.07) is 3.98. The number of halogens is 1. The average molecular weight is 268 g/mol. The molecule has 2 aromatic rings. The second kappa shape index (κ2) is 4.12. The summed E-state index contributed by atoms with van der Waals surface area (Å²) in [6.07, 6.45) is 2.22. The van der Waals surface area contributed by atoms with Crippen LogP contribution in [0.15, 0.2) is 17.1 Å². The van der Waals surface area contributed by atoms with Crippen LogP contribution in [0.4, 0.5) is 5.69 Å². The summed E-state index contributed by atoms with van der Waals surface area (Å²) in [5.74, 6) is 0.384. The van der Waals surface area contributed by atoms with Gasteiger partial charge >= 0.3 is 0 Å². The highest BCUT2D eigenvalue weighted by Gasteiger charge is 2.21. The lowest BCUT2D eigenvalue weighted by atomic mass is 10.2. The van der Waals surface area contributed by atoms with Crippen molar-refractivity contribution in [3.05, 3.63) is 17.2 Å². The van der Waals surface area contributed by atoms with Crippen LogP contribution in [-0.2, 0) is 0 Å². The van der Waals surface area contributed by atoms with Crippen molar-refractivity contribution in [3.63, 3.8) is 0 Å². The number of aromatic nitrogens is 2. The molecule has 0 unspecified atom stereocenters. The maximum absolute atomic E-state index is 6.12. The smallest absolute Gasteiger partial charge is 0.193 e. The second-order valence-corrected chi connectivity index (χ2v) is 4.86. The first-order valence-electron chi connectivity index (χ1n) is 5.25. The van der Waals surface area contributed by atoms with E-state index in [1.54, 1.807) is 6.07 Å². The van der Waals surface area contributed by atoms with Gasteiger partial charge in [0.1, 0.15) is 11.0 Å². The Kier molecular flexibility index (Phi) is 2.60. The molecule has 1 aromatic heterocycles. The molecule has 3 rings (SSSR count). The molecule has 1 saturated carbocycles. The summed E-state index contributed by atoms with van der Waals surface area (Å²) in [7, 11) is 0. The molecule has 0 amide bonds. The van der Waals surface area contributed by atoms with Gasteiger partial charge < -0.3 is 11.1 Å². The molecule has 0 spiro atoms. The molecular weight excluding hydrogens is 258 g/mol. The van der Waals surface area contributed by atoms with E-state index >= 15 is 0 Å². The van der Waals surface area contributed by atoms with Gasteiger partial charge in [0.15, 0.2) is 5.96 Å². The Morgan fingerprint density at radius 3 is 3.06 bits per heavy atom. The van der Waals surface area contributed by atoms with Crippen LogP contribution in [-0.4, -0.2) is 20.7 Å². The van der Waals surface area contributed by atoms with E-state index in [-0.39, 0.29) is 0 Å². The number of hydrogen-bond acceptors (Lipinski definition) is 4. The molecule has 17 heavy (non-hydrogen) atoms. The number of hydrogen-bond donors (Lipinski definition) is 2. The van der Waals surface area contributed by atoms with Gasteiger partial charge in [-0.15, -0.1) is 0 Å². The van der Waals surface area contributed by atoms with Crippen LogP contribution in [0.25, 0.3) is 11.0 Å². The second-order valence-electron chi connectivity index (χ2n) is 3.92. The molecule has 88 valence electrons. The SMILES string of the molecule is NC(=NC1CC1)Nc1c(Cl)ccc2nsnc12. The van der Waals surface area contributed by atoms with Gasteiger partial charge in [-0.3, -0.25) is 0 Å². The fraction of sp³-hybridized carbons (Fsp3) is 0.300. The van der Waals surface area contributed by atoms with Crippen LogP contribution >= 0.6 is 23.3 Å². The standard InChI is InChI=1S/C10H10ClN5S/c11-6-3-4-7-9(16-17-15-7)8(6)14-10(12)13-5-1-2-5/h3-5H,1-2H2,(H3,12,13,14). The Bertz CT molecular complexity index is 589. The summed E-state index contributed by atoms with van der Waals surface area (Å²) in [5.41, 5.74) is 8.03. The van der Waals surface area contributed by atoms with E-state index in [0.717, 1.165) is 35.6 Å². The summed E-state index contributed by atoms with van der Waals surface area (Å²) < 4.78 is 8.35. The molecule has 0 aliphatic heterocycles. The molecule has 1 heterocycles. The van der Waals surface area contributed by atoms with Gasteiger partial charge in [-0.05, 0) is 25.0 Å². The van der Waals surface area contributed by atoms with E-state index in [2.05, 4.69) is 19.1 Å². The first kappa shape index (κ1) is 10.7.